The third kappa shape index (κ3) is 1.15. The van der Waals surface area contributed by atoms with Crippen LogP contribution in [0.15, 0.2) is 18.7 Å². The number of hydrogen-bond donors (Lipinski definition) is 0. The Morgan fingerprint density at radius 3 is 3.00 bits per heavy atom. The van der Waals surface area contributed by atoms with Crippen LogP contribution in [0.1, 0.15) is 6.92 Å². The second kappa shape index (κ2) is 3.00. The lowest BCUT2D eigenvalue weighted by Crippen LogP contribution is -2.31. The summed E-state index contributed by atoms with van der Waals surface area (Å²) in [7, 11) is 0. The predicted molar refractivity (Wildman–Crippen MR) is 36.7 cm³/mol. The highest BCUT2D eigenvalue weighted by molar-refractivity contribution is 5.61. The Labute approximate surface area is 59.1 Å². The standard InChI is InChI=1S/C6H8N3O/c1-2-8(6-10)9-4-3-7-5-9/h3-5H,2H2,1H3. The quantitative estimate of drug-likeness (QED) is 0.547. The molecule has 0 spiro atoms. The van der Waals surface area contributed by atoms with E-state index in [9.17, 15) is 4.79 Å². The van der Waals surface area contributed by atoms with Crippen LogP contribution >= 0.6 is 0 Å². The first kappa shape index (κ1) is 6.80. The Kier molecular flexibility index (Phi) is 2.04. The van der Waals surface area contributed by atoms with Crippen molar-refractivity contribution < 1.29 is 4.79 Å². The molecule has 1 aromatic heterocycles. The molecule has 1 heterocycles. The van der Waals surface area contributed by atoms with Crippen LogP contribution in [0.3, 0.4) is 0 Å². The van der Waals surface area contributed by atoms with Crippen molar-refractivity contribution in [2.24, 2.45) is 0 Å². The normalized spacial score (nSPS) is 9.30. The number of nitrogens with zero attached hydrogens (tertiary/aromatic N) is 3. The highest BCUT2D eigenvalue weighted by Gasteiger charge is 1.98. The molecule has 0 atom stereocenters. The van der Waals surface area contributed by atoms with E-state index in [2.05, 4.69) is 4.98 Å². The van der Waals surface area contributed by atoms with E-state index in [0.717, 1.165) is 0 Å². The average molecular weight is 138 g/mol. The summed E-state index contributed by atoms with van der Waals surface area (Å²) in [5.41, 5.74) is 0. The van der Waals surface area contributed by atoms with Crippen LogP contribution in [0, 0.1) is 0 Å². The maximum atomic E-state index is 10.2. The summed E-state index contributed by atoms with van der Waals surface area (Å²) in [6, 6.07) is 0. The molecule has 0 fully saturated rings. The van der Waals surface area contributed by atoms with Gasteiger partial charge in [0.15, 0.2) is 0 Å². The lowest BCUT2D eigenvalue weighted by molar-refractivity contribution is 0.534. The maximum Gasteiger partial charge on any atom is 0.332 e. The van der Waals surface area contributed by atoms with Crippen LogP contribution in [0.2, 0.25) is 0 Å². The van der Waals surface area contributed by atoms with Gasteiger partial charge in [-0.3, -0.25) is 4.79 Å². The second-order valence-corrected chi connectivity index (χ2v) is 1.75. The van der Waals surface area contributed by atoms with E-state index in [4.69, 9.17) is 0 Å². The molecule has 1 aromatic rings. The van der Waals surface area contributed by atoms with Gasteiger partial charge in [0, 0.05) is 18.9 Å². The average Bonchev–Trinajstić information content (AvgIpc) is 2.43. The fourth-order valence-electron chi connectivity index (χ4n) is 0.670. The van der Waals surface area contributed by atoms with Crippen molar-refractivity contribution in [3.8, 4) is 0 Å². The van der Waals surface area contributed by atoms with Gasteiger partial charge >= 0.3 is 6.41 Å². The minimum Gasteiger partial charge on any atom is -0.261 e. The maximum absolute atomic E-state index is 10.2. The molecule has 53 valence electrons. The number of imidazole rings is 1. The van der Waals surface area contributed by atoms with E-state index in [1.165, 1.54) is 5.01 Å². The number of aromatic nitrogens is 2. The summed E-state index contributed by atoms with van der Waals surface area (Å²) in [6.45, 7) is 2.46. The van der Waals surface area contributed by atoms with Crippen LogP contribution in [0.25, 0.3) is 0 Å². The molecule has 0 aliphatic heterocycles. The SMILES string of the molecule is CCN([C]=O)n1ccnc1. The van der Waals surface area contributed by atoms with Crippen molar-refractivity contribution in [1.82, 2.24) is 9.66 Å². The summed E-state index contributed by atoms with van der Waals surface area (Å²) in [6.07, 6.45) is 6.61. The zero-order valence-corrected chi connectivity index (χ0v) is 5.69. The van der Waals surface area contributed by atoms with Crippen molar-refractivity contribution in [2.75, 3.05) is 11.6 Å². The van der Waals surface area contributed by atoms with Crippen molar-refractivity contribution in [1.29, 1.82) is 0 Å². The molecule has 4 heteroatoms. The Hall–Kier alpha value is -1.32. The summed E-state index contributed by atoms with van der Waals surface area (Å²) >= 11 is 0. The molecule has 0 saturated heterocycles. The molecule has 0 aliphatic carbocycles. The molecule has 0 unspecified atom stereocenters. The van der Waals surface area contributed by atoms with Crippen LogP contribution in [-0.4, -0.2) is 22.6 Å². The highest BCUT2D eigenvalue weighted by Crippen LogP contribution is 1.85. The van der Waals surface area contributed by atoms with Gasteiger partial charge in [-0.25, -0.2) is 14.7 Å². The third-order valence-electron chi connectivity index (χ3n) is 1.17. The van der Waals surface area contributed by atoms with Crippen LogP contribution in [0.4, 0.5) is 0 Å². The minimum atomic E-state index is 0.597. The molecule has 0 saturated carbocycles. The molecule has 10 heavy (non-hydrogen) atoms. The summed E-state index contributed by atoms with van der Waals surface area (Å²) < 4.78 is 1.58. The molecule has 0 N–H and O–H groups in total. The molecular formula is C6H8N3O. The molecule has 0 aliphatic rings. The fourth-order valence-corrected chi connectivity index (χ4v) is 0.670. The smallest absolute Gasteiger partial charge is 0.261 e. The first-order valence-electron chi connectivity index (χ1n) is 3.02. The van der Waals surface area contributed by atoms with Gasteiger partial charge in [-0.1, -0.05) is 0 Å². The Morgan fingerprint density at radius 1 is 1.80 bits per heavy atom. The Morgan fingerprint density at radius 2 is 2.60 bits per heavy atom. The Bertz CT molecular complexity index is 195. The highest BCUT2D eigenvalue weighted by atomic mass is 16.1. The topological polar surface area (TPSA) is 38.1 Å². The van der Waals surface area contributed by atoms with Crippen molar-refractivity contribution in [2.45, 2.75) is 6.92 Å². The Balaban J connectivity index is 2.73. The lowest BCUT2D eigenvalue weighted by Gasteiger charge is -2.12. The van der Waals surface area contributed by atoms with Crippen LogP contribution in [-0.2, 0) is 4.79 Å². The van der Waals surface area contributed by atoms with Crippen LogP contribution < -0.4 is 5.01 Å². The predicted octanol–water partition coefficient (Wildman–Crippen LogP) is -0.0918. The first-order valence-corrected chi connectivity index (χ1v) is 3.02. The van der Waals surface area contributed by atoms with Crippen molar-refractivity contribution in [3.63, 3.8) is 0 Å². The summed E-state index contributed by atoms with van der Waals surface area (Å²) in [5, 5.41) is 1.38. The monoisotopic (exact) mass is 138 g/mol. The van der Waals surface area contributed by atoms with Gasteiger partial charge in [-0.2, -0.15) is 0 Å². The summed E-state index contributed by atoms with van der Waals surface area (Å²) in [4.78, 5) is 14.0. The van der Waals surface area contributed by atoms with Crippen molar-refractivity contribution >= 4 is 6.41 Å². The van der Waals surface area contributed by atoms with Gasteiger partial charge in [0.1, 0.15) is 6.33 Å². The van der Waals surface area contributed by atoms with Crippen molar-refractivity contribution in [3.05, 3.63) is 18.7 Å². The fraction of sp³-hybridized carbons (Fsp3) is 0.333. The van der Waals surface area contributed by atoms with E-state index < -0.39 is 0 Å². The number of amides is 1. The van der Waals surface area contributed by atoms with E-state index in [-0.39, 0.29) is 0 Å². The molecule has 1 amide bonds. The van der Waals surface area contributed by atoms with E-state index >= 15 is 0 Å². The van der Waals surface area contributed by atoms with Crippen LogP contribution in [0.5, 0.6) is 0 Å². The van der Waals surface area contributed by atoms with Gasteiger partial charge in [0.2, 0.25) is 0 Å². The number of carbonyl (C=O) groups excluding carboxylic acids is 1. The number of hydrogen-bond acceptors (Lipinski definition) is 2. The zero-order valence-electron chi connectivity index (χ0n) is 5.69. The van der Waals surface area contributed by atoms with Gasteiger partial charge in [0.05, 0.1) is 0 Å². The van der Waals surface area contributed by atoms with E-state index in [1.807, 2.05) is 6.92 Å². The summed E-state index contributed by atoms with van der Waals surface area (Å²) in [5.74, 6) is 0. The van der Waals surface area contributed by atoms with Gasteiger partial charge < -0.3 is 0 Å². The largest absolute Gasteiger partial charge is 0.332 e. The van der Waals surface area contributed by atoms with Gasteiger partial charge in [-0.05, 0) is 6.92 Å². The zero-order chi connectivity index (χ0) is 7.40. The van der Waals surface area contributed by atoms with Gasteiger partial charge in [-0.15, -0.1) is 0 Å². The molecule has 1 rings (SSSR count). The molecular weight excluding hydrogens is 130 g/mol. The molecule has 1 radical (unpaired) electrons. The minimum absolute atomic E-state index is 0.597. The first-order chi connectivity index (χ1) is 4.88. The molecule has 4 nitrogen and oxygen atoms in total. The van der Waals surface area contributed by atoms with E-state index in [0.29, 0.717) is 6.54 Å². The number of rotatable bonds is 3. The third-order valence-corrected chi connectivity index (χ3v) is 1.17. The van der Waals surface area contributed by atoms with Gasteiger partial charge in [0.25, 0.3) is 0 Å². The molecule has 0 aromatic carbocycles. The second-order valence-electron chi connectivity index (χ2n) is 1.75. The molecule has 0 bridgehead atoms. The van der Waals surface area contributed by atoms with E-state index in [1.54, 1.807) is 29.8 Å². The lowest BCUT2D eigenvalue weighted by atomic mass is 10.7.